The number of hydrogen-bond acceptors (Lipinski definition) is 3. The average Bonchev–Trinajstić information content (AvgIpc) is 2.46. The molecule has 0 aliphatic carbocycles. The molecular weight excluding hydrogens is 260 g/mol. The van der Waals surface area contributed by atoms with Crippen LogP contribution < -0.4 is 5.73 Å². The third kappa shape index (κ3) is 4.06. The molecule has 21 heavy (non-hydrogen) atoms. The van der Waals surface area contributed by atoms with Crippen molar-refractivity contribution < 1.29 is 4.74 Å². The summed E-state index contributed by atoms with van der Waals surface area (Å²) in [5.74, 6) is 0. The van der Waals surface area contributed by atoms with Gasteiger partial charge in [-0.3, -0.25) is 4.90 Å². The number of nitrogens with two attached hydrogens (primary N) is 1. The lowest BCUT2D eigenvalue weighted by atomic mass is 9.94. The van der Waals surface area contributed by atoms with E-state index in [-0.39, 0.29) is 6.04 Å². The molecule has 2 N–H and O–H groups in total. The first-order valence-electron chi connectivity index (χ1n) is 8.12. The second kappa shape index (κ2) is 7.39. The number of nitrogens with zero attached hydrogens (tertiary/aromatic N) is 1. The van der Waals surface area contributed by atoms with E-state index in [1.807, 2.05) is 0 Å². The Hall–Kier alpha value is -0.900. The summed E-state index contributed by atoms with van der Waals surface area (Å²) in [4.78, 5) is 2.37. The molecule has 0 radical (unpaired) electrons. The molecular formula is C18H30N2O. The predicted molar refractivity (Wildman–Crippen MR) is 88.7 cm³/mol. The lowest BCUT2D eigenvalue weighted by Crippen LogP contribution is -2.38. The van der Waals surface area contributed by atoms with Gasteiger partial charge in [-0.2, -0.15) is 0 Å². The van der Waals surface area contributed by atoms with Gasteiger partial charge in [-0.1, -0.05) is 12.1 Å². The van der Waals surface area contributed by atoms with Crippen LogP contribution in [-0.2, 0) is 4.74 Å². The molecule has 1 saturated heterocycles. The number of aryl methyl sites for hydroxylation is 3. The molecule has 1 aromatic rings. The monoisotopic (exact) mass is 290 g/mol. The zero-order valence-electron chi connectivity index (χ0n) is 14.0. The SMILES string of the molecule is Cc1cc(C)c(C(CN)N(C)CC2CCCCO2)cc1C. The summed E-state index contributed by atoms with van der Waals surface area (Å²) in [6, 6.07) is 4.86. The normalized spacial score (nSPS) is 20.8. The maximum Gasteiger partial charge on any atom is 0.0702 e. The summed E-state index contributed by atoms with van der Waals surface area (Å²) in [7, 11) is 2.17. The number of likely N-dealkylation sites (N-methyl/N-ethyl adjacent to an activating group) is 1. The van der Waals surface area contributed by atoms with E-state index in [9.17, 15) is 0 Å². The molecule has 1 aliphatic rings. The van der Waals surface area contributed by atoms with Crippen LogP contribution in [0.1, 0.15) is 47.6 Å². The number of hydrogen-bond donors (Lipinski definition) is 1. The molecule has 0 saturated carbocycles. The van der Waals surface area contributed by atoms with Crippen molar-refractivity contribution in [1.29, 1.82) is 0 Å². The van der Waals surface area contributed by atoms with Crippen LogP contribution in [-0.4, -0.2) is 37.7 Å². The van der Waals surface area contributed by atoms with Gasteiger partial charge in [0.1, 0.15) is 0 Å². The minimum atomic E-state index is 0.273. The number of ether oxygens (including phenoxy) is 1. The lowest BCUT2D eigenvalue weighted by Gasteiger charge is -2.33. The van der Waals surface area contributed by atoms with Gasteiger partial charge in [0.05, 0.1) is 6.10 Å². The second-order valence-electron chi connectivity index (χ2n) is 6.47. The summed E-state index contributed by atoms with van der Waals surface area (Å²) in [5, 5.41) is 0. The smallest absolute Gasteiger partial charge is 0.0702 e. The van der Waals surface area contributed by atoms with Crippen LogP contribution in [0.15, 0.2) is 12.1 Å². The Bertz CT molecular complexity index is 467. The van der Waals surface area contributed by atoms with E-state index in [0.717, 1.165) is 13.2 Å². The van der Waals surface area contributed by atoms with Crippen molar-refractivity contribution in [2.45, 2.75) is 52.2 Å². The molecule has 0 spiro atoms. The van der Waals surface area contributed by atoms with Crippen molar-refractivity contribution in [3.05, 3.63) is 34.4 Å². The molecule has 1 aromatic carbocycles. The quantitative estimate of drug-likeness (QED) is 0.905. The van der Waals surface area contributed by atoms with Crippen LogP contribution in [0.2, 0.25) is 0 Å². The Morgan fingerprint density at radius 2 is 1.90 bits per heavy atom. The van der Waals surface area contributed by atoms with Crippen LogP contribution in [0.3, 0.4) is 0 Å². The predicted octanol–water partition coefficient (Wildman–Crippen LogP) is 3.11. The van der Waals surface area contributed by atoms with Gasteiger partial charge in [0.25, 0.3) is 0 Å². The summed E-state index contributed by atoms with van der Waals surface area (Å²) in [5.41, 5.74) is 11.5. The third-order valence-corrected chi connectivity index (χ3v) is 4.76. The van der Waals surface area contributed by atoms with Crippen molar-refractivity contribution >= 4 is 0 Å². The molecule has 3 heteroatoms. The van der Waals surface area contributed by atoms with Crippen molar-refractivity contribution in [3.63, 3.8) is 0 Å². The highest BCUT2D eigenvalue weighted by molar-refractivity contribution is 5.38. The van der Waals surface area contributed by atoms with E-state index in [2.05, 4.69) is 44.9 Å². The largest absolute Gasteiger partial charge is 0.377 e. The van der Waals surface area contributed by atoms with Gasteiger partial charge in [-0.15, -0.1) is 0 Å². The van der Waals surface area contributed by atoms with Crippen molar-refractivity contribution in [2.24, 2.45) is 5.73 Å². The standard InChI is InChI=1S/C18H30N2O/c1-13-9-15(3)17(10-14(13)2)18(11-19)20(4)12-16-7-5-6-8-21-16/h9-10,16,18H,5-8,11-12,19H2,1-4H3. The van der Waals surface area contributed by atoms with E-state index in [1.165, 1.54) is 41.5 Å². The molecule has 1 aliphatic heterocycles. The van der Waals surface area contributed by atoms with Gasteiger partial charge in [0.2, 0.25) is 0 Å². The molecule has 1 heterocycles. The molecule has 3 nitrogen and oxygen atoms in total. The van der Waals surface area contributed by atoms with Crippen molar-refractivity contribution in [3.8, 4) is 0 Å². The van der Waals surface area contributed by atoms with Gasteiger partial charge in [-0.25, -0.2) is 0 Å². The molecule has 0 amide bonds. The summed E-state index contributed by atoms with van der Waals surface area (Å²) >= 11 is 0. The van der Waals surface area contributed by atoms with Gasteiger partial charge in [0.15, 0.2) is 0 Å². The van der Waals surface area contributed by atoms with Crippen LogP contribution in [0.5, 0.6) is 0 Å². The van der Waals surface area contributed by atoms with Gasteiger partial charge < -0.3 is 10.5 Å². The van der Waals surface area contributed by atoms with E-state index in [1.54, 1.807) is 0 Å². The molecule has 0 bridgehead atoms. The zero-order valence-corrected chi connectivity index (χ0v) is 14.0. The molecule has 2 unspecified atom stereocenters. The maximum atomic E-state index is 6.09. The van der Waals surface area contributed by atoms with E-state index in [0.29, 0.717) is 12.6 Å². The minimum absolute atomic E-state index is 0.273. The van der Waals surface area contributed by atoms with E-state index < -0.39 is 0 Å². The third-order valence-electron chi connectivity index (χ3n) is 4.76. The van der Waals surface area contributed by atoms with Crippen LogP contribution in [0, 0.1) is 20.8 Å². The van der Waals surface area contributed by atoms with Gasteiger partial charge in [-0.05, 0) is 69.3 Å². The van der Waals surface area contributed by atoms with Gasteiger partial charge >= 0.3 is 0 Å². The zero-order chi connectivity index (χ0) is 15.4. The Morgan fingerprint density at radius 3 is 2.52 bits per heavy atom. The highest BCUT2D eigenvalue weighted by Gasteiger charge is 2.22. The van der Waals surface area contributed by atoms with E-state index >= 15 is 0 Å². The number of rotatable bonds is 5. The topological polar surface area (TPSA) is 38.5 Å². The molecule has 1 fully saturated rings. The highest BCUT2D eigenvalue weighted by atomic mass is 16.5. The van der Waals surface area contributed by atoms with Crippen LogP contribution in [0.4, 0.5) is 0 Å². The highest BCUT2D eigenvalue weighted by Crippen LogP contribution is 2.26. The fraction of sp³-hybridized carbons (Fsp3) is 0.667. The van der Waals surface area contributed by atoms with Crippen molar-refractivity contribution in [1.82, 2.24) is 4.90 Å². The fourth-order valence-electron chi connectivity index (χ4n) is 3.29. The fourth-order valence-corrected chi connectivity index (χ4v) is 3.29. The summed E-state index contributed by atoms with van der Waals surface area (Å²) < 4.78 is 5.87. The van der Waals surface area contributed by atoms with Crippen molar-refractivity contribution in [2.75, 3.05) is 26.7 Å². The first-order chi connectivity index (χ1) is 10.0. The van der Waals surface area contributed by atoms with E-state index in [4.69, 9.17) is 10.5 Å². The lowest BCUT2D eigenvalue weighted by molar-refractivity contribution is -0.00782. The summed E-state index contributed by atoms with van der Waals surface area (Å²) in [6.45, 7) is 9.06. The Labute approximate surface area is 129 Å². The summed E-state index contributed by atoms with van der Waals surface area (Å²) in [6.07, 6.45) is 4.03. The Morgan fingerprint density at radius 1 is 1.19 bits per heavy atom. The maximum absolute atomic E-state index is 6.09. The number of benzene rings is 1. The molecule has 118 valence electrons. The van der Waals surface area contributed by atoms with Gasteiger partial charge in [0, 0.05) is 25.7 Å². The van der Waals surface area contributed by atoms with Crippen LogP contribution >= 0.6 is 0 Å². The molecule has 2 atom stereocenters. The molecule has 2 rings (SSSR count). The Balaban J connectivity index is 2.12. The Kier molecular flexibility index (Phi) is 5.80. The second-order valence-corrected chi connectivity index (χ2v) is 6.47. The minimum Gasteiger partial charge on any atom is -0.377 e. The molecule has 0 aromatic heterocycles. The first-order valence-corrected chi connectivity index (χ1v) is 8.12. The average molecular weight is 290 g/mol. The van der Waals surface area contributed by atoms with Crippen LogP contribution in [0.25, 0.3) is 0 Å². The first kappa shape index (κ1) is 16.5.